The summed E-state index contributed by atoms with van der Waals surface area (Å²) in [5, 5.41) is 1.17. The number of para-hydroxylation sites is 2. The van der Waals surface area contributed by atoms with Gasteiger partial charge in [0.2, 0.25) is 0 Å². The zero-order valence-corrected chi connectivity index (χ0v) is 15.7. The van der Waals surface area contributed by atoms with Crippen molar-refractivity contribution in [1.82, 2.24) is 9.47 Å². The highest BCUT2D eigenvalue weighted by Crippen LogP contribution is 2.33. The van der Waals surface area contributed by atoms with Crippen LogP contribution < -0.4 is 0 Å². The third-order valence-electron chi connectivity index (χ3n) is 4.78. The molecule has 0 amide bonds. The molecule has 5 nitrogen and oxygen atoms in total. The summed E-state index contributed by atoms with van der Waals surface area (Å²) < 4.78 is 12.8. The van der Waals surface area contributed by atoms with Gasteiger partial charge in [-0.1, -0.05) is 48.0 Å². The number of morpholine rings is 1. The number of rotatable bonds is 5. The van der Waals surface area contributed by atoms with Crippen molar-refractivity contribution in [3.05, 3.63) is 65.3 Å². The Bertz CT molecular complexity index is 933. The second-order valence-electron chi connectivity index (χ2n) is 6.44. The van der Waals surface area contributed by atoms with Gasteiger partial charge in [0, 0.05) is 30.7 Å². The molecule has 2 aromatic carbocycles. The molecule has 0 radical (unpaired) electrons. The molecule has 4 rings (SSSR count). The van der Waals surface area contributed by atoms with Gasteiger partial charge in [-0.2, -0.15) is 0 Å². The molecule has 0 spiro atoms. The predicted molar refractivity (Wildman–Crippen MR) is 106 cm³/mol. The summed E-state index contributed by atoms with van der Waals surface area (Å²) in [7, 11) is 0. The Morgan fingerprint density at radius 1 is 1.04 bits per heavy atom. The number of ether oxygens (including phenoxy) is 2. The summed E-state index contributed by atoms with van der Waals surface area (Å²) in [5.41, 5.74) is 2.21. The van der Waals surface area contributed by atoms with Crippen LogP contribution in [0, 0.1) is 0 Å². The van der Waals surface area contributed by atoms with Crippen LogP contribution in [0.5, 0.6) is 0 Å². The number of nitrogens with zero attached hydrogens (tertiary/aromatic N) is 2. The SMILES string of the molecule is O=C(OCCN1CCOCC1)c1c(Cl)n(-c2ccccc2)c2ccccc12. The number of fused-ring (bicyclic) bond motifs is 1. The van der Waals surface area contributed by atoms with Crippen molar-refractivity contribution in [3.63, 3.8) is 0 Å². The first-order valence-corrected chi connectivity index (χ1v) is 9.45. The summed E-state index contributed by atoms with van der Waals surface area (Å²) in [6.45, 7) is 4.22. The second kappa shape index (κ2) is 8.13. The van der Waals surface area contributed by atoms with Gasteiger partial charge < -0.3 is 9.47 Å². The zero-order chi connectivity index (χ0) is 18.6. The lowest BCUT2D eigenvalue weighted by Crippen LogP contribution is -2.38. The fraction of sp³-hybridized carbons (Fsp3) is 0.286. The van der Waals surface area contributed by atoms with Gasteiger partial charge in [-0.3, -0.25) is 9.47 Å². The molecule has 6 heteroatoms. The Kier molecular flexibility index (Phi) is 5.43. The molecule has 1 fully saturated rings. The Balaban J connectivity index is 1.59. The Labute approximate surface area is 163 Å². The van der Waals surface area contributed by atoms with Gasteiger partial charge in [-0.05, 0) is 18.2 Å². The maximum Gasteiger partial charge on any atom is 0.341 e. The highest BCUT2D eigenvalue weighted by atomic mass is 35.5. The molecule has 27 heavy (non-hydrogen) atoms. The Morgan fingerprint density at radius 2 is 1.74 bits per heavy atom. The average molecular weight is 385 g/mol. The van der Waals surface area contributed by atoms with E-state index in [4.69, 9.17) is 21.1 Å². The van der Waals surface area contributed by atoms with E-state index in [1.54, 1.807) is 0 Å². The molecule has 0 aliphatic carbocycles. The van der Waals surface area contributed by atoms with Gasteiger partial charge in [0.1, 0.15) is 17.3 Å². The number of aromatic nitrogens is 1. The molecule has 140 valence electrons. The van der Waals surface area contributed by atoms with Crippen molar-refractivity contribution in [1.29, 1.82) is 0 Å². The quantitative estimate of drug-likeness (QED) is 0.628. The molecular formula is C21H21ClN2O3. The molecule has 0 atom stereocenters. The van der Waals surface area contributed by atoms with Gasteiger partial charge in [-0.15, -0.1) is 0 Å². The lowest BCUT2D eigenvalue weighted by molar-refractivity contribution is 0.0196. The van der Waals surface area contributed by atoms with Crippen molar-refractivity contribution in [2.24, 2.45) is 0 Å². The minimum absolute atomic E-state index is 0.333. The minimum atomic E-state index is -0.390. The summed E-state index contributed by atoms with van der Waals surface area (Å²) in [6.07, 6.45) is 0. The maximum atomic E-state index is 12.8. The molecule has 2 heterocycles. The lowest BCUT2D eigenvalue weighted by atomic mass is 10.2. The van der Waals surface area contributed by atoms with Crippen LogP contribution in [0.2, 0.25) is 5.15 Å². The molecule has 0 saturated carbocycles. The molecule has 3 aromatic rings. The van der Waals surface area contributed by atoms with E-state index in [9.17, 15) is 4.79 Å². The van der Waals surface area contributed by atoms with Crippen LogP contribution in [0.1, 0.15) is 10.4 Å². The third-order valence-corrected chi connectivity index (χ3v) is 5.14. The number of hydrogen-bond donors (Lipinski definition) is 0. The van der Waals surface area contributed by atoms with Crippen molar-refractivity contribution in [2.45, 2.75) is 0 Å². The number of carbonyl (C=O) groups excluding carboxylic acids is 1. The third kappa shape index (κ3) is 3.72. The number of halogens is 1. The van der Waals surface area contributed by atoms with Crippen LogP contribution in [0.3, 0.4) is 0 Å². The van der Waals surface area contributed by atoms with E-state index in [1.165, 1.54) is 0 Å². The van der Waals surface area contributed by atoms with E-state index in [1.807, 2.05) is 59.2 Å². The fourth-order valence-electron chi connectivity index (χ4n) is 3.40. The van der Waals surface area contributed by atoms with E-state index in [2.05, 4.69) is 4.90 Å². The van der Waals surface area contributed by atoms with Gasteiger partial charge in [0.25, 0.3) is 0 Å². The van der Waals surface area contributed by atoms with Gasteiger partial charge >= 0.3 is 5.97 Å². The van der Waals surface area contributed by atoms with Crippen LogP contribution in [-0.4, -0.2) is 54.9 Å². The lowest BCUT2D eigenvalue weighted by Gasteiger charge is -2.26. The van der Waals surface area contributed by atoms with E-state index < -0.39 is 0 Å². The topological polar surface area (TPSA) is 43.7 Å². The summed E-state index contributed by atoms with van der Waals surface area (Å²) in [6, 6.07) is 17.5. The molecular weight excluding hydrogens is 364 g/mol. The van der Waals surface area contributed by atoms with Gasteiger partial charge in [0.15, 0.2) is 0 Å². The van der Waals surface area contributed by atoms with Crippen LogP contribution in [0.15, 0.2) is 54.6 Å². The van der Waals surface area contributed by atoms with Crippen molar-refractivity contribution < 1.29 is 14.3 Å². The highest BCUT2D eigenvalue weighted by molar-refractivity contribution is 6.35. The van der Waals surface area contributed by atoms with E-state index in [0.29, 0.717) is 23.9 Å². The molecule has 0 N–H and O–H groups in total. The second-order valence-corrected chi connectivity index (χ2v) is 6.80. The first-order chi connectivity index (χ1) is 13.3. The summed E-state index contributed by atoms with van der Waals surface area (Å²) in [4.78, 5) is 15.0. The average Bonchev–Trinajstić information content (AvgIpc) is 3.01. The highest BCUT2D eigenvalue weighted by Gasteiger charge is 2.23. The maximum absolute atomic E-state index is 12.8. The van der Waals surface area contributed by atoms with E-state index in [0.717, 1.165) is 42.9 Å². The number of esters is 1. The summed E-state index contributed by atoms with van der Waals surface area (Å²) in [5.74, 6) is -0.390. The van der Waals surface area contributed by atoms with E-state index in [-0.39, 0.29) is 5.97 Å². The number of carbonyl (C=O) groups is 1. The first-order valence-electron chi connectivity index (χ1n) is 9.07. The fourth-order valence-corrected chi connectivity index (χ4v) is 3.76. The van der Waals surface area contributed by atoms with Gasteiger partial charge in [0.05, 0.1) is 18.7 Å². The Hall–Kier alpha value is -2.34. The largest absolute Gasteiger partial charge is 0.461 e. The van der Waals surface area contributed by atoms with Crippen molar-refractivity contribution >= 4 is 28.5 Å². The monoisotopic (exact) mass is 384 g/mol. The van der Waals surface area contributed by atoms with Crippen LogP contribution in [0.4, 0.5) is 0 Å². The molecule has 1 aliphatic rings. The van der Waals surface area contributed by atoms with Gasteiger partial charge in [-0.25, -0.2) is 4.79 Å². The molecule has 0 bridgehead atoms. The number of hydrogen-bond acceptors (Lipinski definition) is 4. The Morgan fingerprint density at radius 3 is 2.52 bits per heavy atom. The van der Waals surface area contributed by atoms with E-state index >= 15 is 0 Å². The summed E-state index contributed by atoms with van der Waals surface area (Å²) >= 11 is 6.64. The van der Waals surface area contributed by atoms with Crippen molar-refractivity contribution in [3.8, 4) is 5.69 Å². The normalized spacial score (nSPS) is 15.1. The molecule has 1 saturated heterocycles. The minimum Gasteiger partial charge on any atom is -0.461 e. The smallest absolute Gasteiger partial charge is 0.341 e. The van der Waals surface area contributed by atoms with Crippen LogP contribution in [0.25, 0.3) is 16.6 Å². The van der Waals surface area contributed by atoms with Crippen molar-refractivity contribution in [2.75, 3.05) is 39.5 Å². The molecule has 1 aliphatic heterocycles. The van der Waals surface area contributed by atoms with Crippen LogP contribution in [-0.2, 0) is 9.47 Å². The first kappa shape index (κ1) is 18.0. The predicted octanol–water partition coefficient (Wildman–Crippen LogP) is 3.77. The number of benzene rings is 2. The standard InChI is InChI=1S/C21H21ClN2O3/c22-20-19(21(25)27-15-12-23-10-13-26-14-11-23)17-8-4-5-9-18(17)24(20)16-6-2-1-3-7-16/h1-9H,10-15H2. The molecule has 0 unspecified atom stereocenters. The van der Waals surface area contributed by atoms with Crippen LogP contribution >= 0.6 is 11.6 Å². The zero-order valence-electron chi connectivity index (χ0n) is 14.9. The molecule has 1 aromatic heterocycles.